The number of sulfonamides is 1. The van der Waals surface area contributed by atoms with Crippen LogP contribution in [0.25, 0.3) is 5.69 Å². The van der Waals surface area contributed by atoms with Gasteiger partial charge in [0.25, 0.3) is 0 Å². The number of hydrogen-bond donors (Lipinski definition) is 0. The molecule has 1 aliphatic rings. The average molecular weight is 465 g/mol. The van der Waals surface area contributed by atoms with E-state index in [-0.39, 0.29) is 17.9 Å². The number of piperazine rings is 1. The van der Waals surface area contributed by atoms with Crippen molar-refractivity contribution in [2.45, 2.75) is 32.4 Å². The van der Waals surface area contributed by atoms with Crippen LogP contribution in [-0.2, 0) is 14.8 Å². The van der Waals surface area contributed by atoms with Gasteiger partial charge in [0.2, 0.25) is 15.8 Å². The minimum absolute atomic E-state index is 0.196. The van der Waals surface area contributed by atoms with Gasteiger partial charge in [0.05, 0.1) is 23.7 Å². The summed E-state index contributed by atoms with van der Waals surface area (Å²) >= 11 is 0. The Morgan fingerprint density at radius 1 is 1.06 bits per heavy atom. The Morgan fingerprint density at radius 2 is 1.75 bits per heavy atom. The summed E-state index contributed by atoms with van der Waals surface area (Å²) in [7, 11) is -3.32. The minimum Gasteiger partial charge on any atom is -0.484 e. The van der Waals surface area contributed by atoms with Gasteiger partial charge in [0.1, 0.15) is 12.3 Å². The standard InChI is InChI=1S/C22H32N4O5S/c1-4-18(3)32(28,29)25-13-11-24(12-14-25)20-17-23-26(19-9-7-6-8-10-19)22(27)21(20)31-16-15-30-5-2/h6-10,17-18H,4-5,11-16H2,1-3H3. The second-order valence-corrected chi connectivity index (χ2v) is 9.96. The molecule has 2 aromatic rings. The predicted octanol–water partition coefficient (Wildman–Crippen LogP) is 1.90. The van der Waals surface area contributed by atoms with E-state index in [1.54, 1.807) is 25.3 Å². The molecule has 1 atom stereocenters. The highest BCUT2D eigenvalue weighted by Gasteiger charge is 2.32. The first-order chi connectivity index (χ1) is 15.4. The molecule has 1 saturated heterocycles. The lowest BCUT2D eigenvalue weighted by atomic mass is 10.3. The Bertz CT molecular complexity index is 1030. The highest BCUT2D eigenvalue weighted by Crippen LogP contribution is 2.26. The van der Waals surface area contributed by atoms with Crippen molar-refractivity contribution < 1.29 is 17.9 Å². The highest BCUT2D eigenvalue weighted by atomic mass is 32.2. The number of benzene rings is 1. The summed E-state index contributed by atoms with van der Waals surface area (Å²) in [4.78, 5) is 15.2. The van der Waals surface area contributed by atoms with E-state index in [4.69, 9.17) is 9.47 Å². The maximum atomic E-state index is 13.3. The number of hydrogen-bond acceptors (Lipinski definition) is 7. The van der Waals surface area contributed by atoms with Gasteiger partial charge in [-0.15, -0.1) is 0 Å². The zero-order valence-corrected chi connectivity index (χ0v) is 19.8. The van der Waals surface area contributed by atoms with Crippen molar-refractivity contribution >= 4 is 15.7 Å². The van der Waals surface area contributed by atoms with Crippen molar-refractivity contribution in [3.63, 3.8) is 0 Å². The largest absolute Gasteiger partial charge is 0.484 e. The first-order valence-electron chi connectivity index (χ1n) is 11.0. The van der Waals surface area contributed by atoms with Gasteiger partial charge in [-0.3, -0.25) is 4.79 Å². The Hall–Kier alpha value is -2.43. The fourth-order valence-corrected chi connectivity index (χ4v) is 5.14. The maximum Gasteiger partial charge on any atom is 0.316 e. The summed E-state index contributed by atoms with van der Waals surface area (Å²) < 4.78 is 39.4. The van der Waals surface area contributed by atoms with Crippen LogP contribution in [0.2, 0.25) is 0 Å². The fourth-order valence-electron chi connectivity index (χ4n) is 3.54. The van der Waals surface area contributed by atoms with E-state index in [0.717, 1.165) is 0 Å². The second-order valence-electron chi connectivity index (χ2n) is 7.61. The number of aromatic nitrogens is 2. The molecule has 32 heavy (non-hydrogen) atoms. The highest BCUT2D eigenvalue weighted by molar-refractivity contribution is 7.89. The SMILES string of the molecule is CCOCCOc1c(N2CCN(S(=O)(=O)C(C)CC)CC2)cnn(-c2ccccc2)c1=O. The molecule has 0 aliphatic carbocycles. The van der Waals surface area contributed by atoms with Gasteiger partial charge in [-0.1, -0.05) is 25.1 Å². The van der Waals surface area contributed by atoms with Crippen molar-refractivity contribution in [2.24, 2.45) is 0 Å². The smallest absolute Gasteiger partial charge is 0.316 e. The van der Waals surface area contributed by atoms with Crippen LogP contribution < -0.4 is 15.2 Å². The number of ether oxygens (including phenoxy) is 2. The lowest BCUT2D eigenvalue weighted by molar-refractivity contribution is 0.109. The third-order valence-electron chi connectivity index (χ3n) is 5.62. The van der Waals surface area contributed by atoms with Gasteiger partial charge in [0.15, 0.2) is 0 Å². The molecule has 0 spiro atoms. The van der Waals surface area contributed by atoms with Crippen LogP contribution in [-0.4, -0.2) is 73.8 Å². The summed E-state index contributed by atoms with van der Waals surface area (Å²) in [6.45, 7) is 8.28. The van der Waals surface area contributed by atoms with Gasteiger partial charge < -0.3 is 14.4 Å². The zero-order valence-electron chi connectivity index (χ0n) is 18.9. The fraction of sp³-hybridized carbons (Fsp3) is 0.545. The molecule has 0 radical (unpaired) electrons. The van der Waals surface area contributed by atoms with Gasteiger partial charge in [-0.2, -0.15) is 14.1 Å². The minimum atomic E-state index is -3.32. The monoisotopic (exact) mass is 464 g/mol. The third kappa shape index (κ3) is 5.31. The van der Waals surface area contributed by atoms with E-state index in [0.29, 0.717) is 57.2 Å². The summed E-state index contributed by atoms with van der Waals surface area (Å²) in [6, 6.07) is 9.15. The Morgan fingerprint density at radius 3 is 2.38 bits per heavy atom. The van der Waals surface area contributed by atoms with Crippen molar-refractivity contribution in [3.05, 3.63) is 46.9 Å². The normalized spacial score (nSPS) is 16.2. The molecule has 0 bridgehead atoms. The van der Waals surface area contributed by atoms with Crippen molar-refractivity contribution in [3.8, 4) is 11.4 Å². The summed E-state index contributed by atoms with van der Waals surface area (Å²) in [5.74, 6) is 0.196. The molecule has 0 amide bonds. The first-order valence-corrected chi connectivity index (χ1v) is 12.5. The Kier molecular flexibility index (Phi) is 8.27. The lowest BCUT2D eigenvalue weighted by Crippen LogP contribution is -2.51. The van der Waals surface area contributed by atoms with Crippen LogP contribution >= 0.6 is 0 Å². The summed E-state index contributed by atoms with van der Waals surface area (Å²) in [5.41, 5.74) is 0.849. The molecule has 1 aliphatic heterocycles. The average Bonchev–Trinajstić information content (AvgIpc) is 2.82. The molecule has 1 aromatic carbocycles. The molecule has 0 saturated carbocycles. The molecule has 1 unspecified atom stereocenters. The van der Waals surface area contributed by atoms with Gasteiger partial charge >= 0.3 is 5.56 Å². The Balaban J connectivity index is 1.86. The van der Waals surface area contributed by atoms with Crippen molar-refractivity contribution in [1.29, 1.82) is 0 Å². The number of nitrogens with zero attached hydrogens (tertiary/aromatic N) is 4. The van der Waals surface area contributed by atoms with Crippen LogP contribution in [0, 0.1) is 0 Å². The molecule has 1 aromatic heterocycles. The van der Waals surface area contributed by atoms with Crippen LogP contribution in [0.5, 0.6) is 5.75 Å². The molecule has 9 nitrogen and oxygen atoms in total. The van der Waals surface area contributed by atoms with Crippen LogP contribution in [0.4, 0.5) is 5.69 Å². The van der Waals surface area contributed by atoms with Crippen molar-refractivity contribution in [2.75, 3.05) is 50.9 Å². The number of rotatable bonds is 10. The van der Waals surface area contributed by atoms with E-state index in [9.17, 15) is 13.2 Å². The molecule has 176 valence electrons. The second kappa shape index (κ2) is 10.9. The molecule has 0 N–H and O–H groups in total. The lowest BCUT2D eigenvalue weighted by Gasteiger charge is -2.36. The molecular weight excluding hydrogens is 432 g/mol. The van der Waals surface area contributed by atoms with Gasteiger partial charge in [-0.05, 0) is 32.4 Å². The predicted molar refractivity (Wildman–Crippen MR) is 124 cm³/mol. The van der Waals surface area contributed by atoms with Gasteiger partial charge in [-0.25, -0.2) is 8.42 Å². The van der Waals surface area contributed by atoms with E-state index in [2.05, 4.69) is 5.10 Å². The van der Waals surface area contributed by atoms with E-state index < -0.39 is 15.3 Å². The summed E-state index contributed by atoms with van der Waals surface area (Å²) in [6.07, 6.45) is 2.19. The van der Waals surface area contributed by atoms with Crippen LogP contribution in [0.3, 0.4) is 0 Å². The van der Waals surface area contributed by atoms with E-state index in [1.165, 1.54) is 8.99 Å². The molecule has 1 fully saturated rings. The Labute approximate surface area is 189 Å². The quantitative estimate of drug-likeness (QED) is 0.496. The first kappa shape index (κ1) is 24.2. The molecule has 2 heterocycles. The number of anilines is 1. The molecule has 10 heteroatoms. The van der Waals surface area contributed by atoms with Crippen molar-refractivity contribution in [1.82, 2.24) is 14.1 Å². The third-order valence-corrected chi connectivity index (χ3v) is 8.05. The molecular formula is C22H32N4O5S. The van der Waals surface area contributed by atoms with Crippen LogP contribution in [0.1, 0.15) is 27.2 Å². The molecule has 3 rings (SSSR count). The van der Waals surface area contributed by atoms with Crippen LogP contribution in [0.15, 0.2) is 41.3 Å². The van der Waals surface area contributed by atoms with Gasteiger partial charge in [0, 0.05) is 32.8 Å². The topological polar surface area (TPSA) is 94.0 Å². The summed E-state index contributed by atoms with van der Waals surface area (Å²) in [5, 5.41) is 3.94. The maximum absolute atomic E-state index is 13.3. The van der Waals surface area contributed by atoms with E-state index >= 15 is 0 Å². The number of para-hydroxylation sites is 1. The van der Waals surface area contributed by atoms with E-state index in [1.807, 2.05) is 36.9 Å². The zero-order chi connectivity index (χ0) is 23.1.